The number of morpholine rings is 1. The third kappa shape index (κ3) is 3.82. The third-order valence-electron chi connectivity index (χ3n) is 2.84. The molecule has 0 radical (unpaired) electrons. The fourth-order valence-corrected chi connectivity index (χ4v) is 3.05. The SMILES string of the molecule is CC1(C)CN(Cc2ccc(C#CCO)s2)CCO1. The zero-order valence-electron chi connectivity index (χ0n) is 10.9. The predicted molar refractivity (Wildman–Crippen MR) is 73.6 cm³/mol. The number of hydrogen-bond donors (Lipinski definition) is 1. The highest BCUT2D eigenvalue weighted by Gasteiger charge is 2.27. The van der Waals surface area contributed by atoms with Gasteiger partial charge < -0.3 is 9.84 Å². The topological polar surface area (TPSA) is 32.7 Å². The lowest BCUT2D eigenvalue weighted by molar-refractivity contribution is -0.0880. The Morgan fingerprint density at radius 1 is 1.50 bits per heavy atom. The van der Waals surface area contributed by atoms with Gasteiger partial charge in [-0.1, -0.05) is 11.8 Å². The van der Waals surface area contributed by atoms with Crippen molar-refractivity contribution in [1.82, 2.24) is 4.90 Å². The Balaban J connectivity index is 1.95. The van der Waals surface area contributed by atoms with E-state index in [4.69, 9.17) is 9.84 Å². The minimum atomic E-state index is -0.0785. The van der Waals surface area contributed by atoms with Gasteiger partial charge in [-0.05, 0) is 26.0 Å². The van der Waals surface area contributed by atoms with Gasteiger partial charge in [-0.15, -0.1) is 11.3 Å². The van der Waals surface area contributed by atoms with Crippen LogP contribution in [0.5, 0.6) is 0 Å². The smallest absolute Gasteiger partial charge is 0.104 e. The first-order valence-corrected chi connectivity index (χ1v) is 6.95. The highest BCUT2D eigenvalue weighted by atomic mass is 32.1. The van der Waals surface area contributed by atoms with Crippen LogP contribution in [-0.2, 0) is 11.3 Å². The maximum Gasteiger partial charge on any atom is 0.104 e. The minimum Gasteiger partial charge on any atom is -0.384 e. The molecular weight excluding hydrogens is 246 g/mol. The van der Waals surface area contributed by atoms with Crippen molar-refractivity contribution in [3.05, 3.63) is 21.9 Å². The average molecular weight is 265 g/mol. The van der Waals surface area contributed by atoms with Gasteiger partial charge in [0.25, 0.3) is 0 Å². The van der Waals surface area contributed by atoms with Gasteiger partial charge in [-0.2, -0.15) is 0 Å². The van der Waals surface area contributed by atoms with Crippen LogP contribution in [0.2, 0.25) is 0 Å². The molecule has 0 saturated carbocycles. The Morgan fingerprint density at radius 2 is 2.33 bits per heavy atom. The van der Waals surface area contributed by atoms with Crippen molar-refractivity contribution in [2.24, 2.45) is 0 Å². The molecule has 0 spiro atoms. The number of hydrogen-bond acceptors (Lipinski definition) is 4. The monoisotopic (exact) mass is 265 g/mol. The normalized spacial score (nSPS) is 19.3. The first kappa shape index (κ1) is 13.6. The second kappa shape index (κ2) is 5.85. The summed E-state index contributed by atoms with van der Waals surface area (Å²) in [5, 5.41) is 8.66. The molecule has 4 heteroatoms. The molecular formula is C14H19NO2S. The summed E-state index contributed by atoms with van der Waals surface area (Å²) in [5.41, 5.74) is -0.0466. The summed E-state index contributed by atoms with van der Waals surface area (Å²) in [4.78, 5) is 4.75. The first-order chi connectivity index (χ1) is 8.59. The van der Waals surface area contributed by atoms with E-state index in [-0.39, 0.29) is 12.2 Å². The largest absolute Gasteiger partial charge is 0.384 e. The van der Waals surface area contributed by atoms with Crippen LogP contribution in [0.4, 0.5) is 0 Å². The molecule has 98 valence electrons. The van der Waals surface area contributed by atoms with Gasteiger partial charge in [-0.25, -0.2) is 0 Å². The van der Waals surface area contributed by atoms with Crippen molar-refractivity contribution < 1.29 is 9.84 Å². The molecule has 0 amide bonds. The second-order valence-corrected chi connectivity index (χ2v) is 6.21. The summed E-state index contributed by atoms with van der Waals surface area (Å²) in [6.07, 6.45) is 0. The van der Waals surface area contributed by atoms with Crippen LogP contribution < -0.4 is 0 Å². The summed E-state index contributed by atoms with van der Waals surface area (Å²) in [5.74, 6) is 5.62. The van der Waals surface area contributed by atoms with Crippen LogP contribution in [0.25, 0.3) is 0 Å². The standard InChI is InChI=1S/C14H19NO2S/c1-14(2)11-15(7-9-17-14)10-13-6-5-12(18-13)4-3-8-16/h5-6,16H,7-11H2,1-2H3. The lowest BCUT2D eigenvalue weighted by Crippen LogP contribution is -2.47. The van der Waals surface area contributed by atoms with E-state index >= 15 is 0 Å². The van der Waals surface area contributed by atoms with E-state index in [0.29, 0.717) is 0 Å². The number of aliphatic hydroxyl groups is 1. The molecule has 1 saturated heterocycles. The molecule has 2 heterocycles. The van der Waals surface area contributed by atoms with E-state index in [9.17, 15) is 0 Å². The first-order valence-electron chi connectivity index (χ1n) is 6.14. The van der Waals surface area contributed by atoms with E-state index in [1.165, 1.54) is 4.88 Å². The summed E-state index contributed by atoms with van der Waals surface area (Å²) in [6, 6.07) is 4.14. The van der Waals surface area contributed by atoms with E-state index < -0.39 is 0 Å². The molecule has 1 aromatic heterocycles. The number of ether oxygens (including phenoxy) is 1. The second-order valence-electron chi connectivity index (χ2n) is 5.04. The van der Waals surface area contributed by atoms with Gasteiger partial charge in [0, 0.05) is 24.5 Å². The fraction of sp³-hybridized carbons (Fsp3) is 0.571. The Morgan fingerprint density at radius 3 is 3.06 bits per heavy atom. The van der Waals surface area contributed by atoms with Gasteiger partial charge in [0.1, 0.15) is 6.61 Å². The predicted octanol–water partition coefficient (Wildman–Crippen LogP) is 1.70. The Bertz CT molecular complexity index is 456. The molecule has 0 atom stereocenters. The molecule has 1 fully saturated rings. The molecule has 0 bridgehead atoms. The van der Waals surface area contributed by atoms with Gasteiger partial charge in [0.15, 0.2) is 0 Å². The molecule has 0 aromatic carbocycles. The van der Waals surface area contributed by atoms with Gasteiger partial charge in [0.05, 0.1) is 17.1 Å². The molecule has 2 rings (SSSR count). The molecule has 1 aliphatic rings. The Labute approximate surface area is 112 Å². The van der Waals surface area contributed by atoms with Crippen LogP contribution in [0.15, 0.2) is 12.1 Å². The zero-order chi connectivity index (χ0) is 13.0. The van der Waals surface area contributed by atoms with Crippen molar-refractivity contribution in [2.45, 2.75) is 26.0 Å². The fourth-order valence-electron chi connectivity index (χ4n) is 2.13. The van der Waals surface area contributed by atoms with Crippen molar-refractivity contribution in [3.63, 3.8) is 0 Å². The summed E-state index contributed by atoms with van der Waals surface area (Å²) >= 11 is 1.70. The van der Waals surface area contributed by atoms with E-state index in [0.717, 1.165) is 31.1 Å². The van der Waals surface area contributed by atoms with Crippen LogP contribution >= 0.6 is 11.3 Å². The molecule has 18 heavy (non-hydrogen) atoms. The maximum absolute atomic E-state index is 8.66. The van der Waals surface area contributed by atoms with Crippen molar-refractivity contribution >= 4 is 11.3 Å². The van der Waals surface area contributed by atoms with Crippen LogP contribution in [0.1, 0.15) is 23.6 Å². The summed E-state index contributed by atoms with van der Waals surface area (Å²) < 4.78 is 5.70. The van der Waals surface area contributed by atoms with Crippen LogP contribution in [0.3, 0.4) is 0 Å². The molecule has 1 aromatic rings. The van der Waals surface area contributed by atoms with E-state index in [1.807, 2.05) is 6.07 Å². The van der Waals surface area contributed by atoms with Gasteiger partial charge in [-0.3, -0.25) is 4.90 Å². The highest BCUT2D eigenvalue weighted by Crippen LogP contribution is 2.22. The van der Waals surface area contributed by atoms with Gasteiger partial charge in [0.2, 0.25) is 0 Å². The molecule has 1 aliphatic heterocycles. The molecule has 3 nitrogen and oxygen atoms in total. The number of rotatable bonds is 2. The number of aliphatic hydroxyl groups excluding tert-OH is 1. The van der Waals surface area contributed by atoms with E-state index in [1.54, 1.807) is 11.3 Å². The number of thiophene rings is 1. The minimum absolute atomic E-state index is 0.0466. The highest BCUT2D eigenvalue weighted by molar-refractivity contribution is 7.12. The molecule has 0 unspecified atom stereocenters. The lowest BCUT2D eigenvalue weighted by atomic mass is 10.1. The summed E-state index contributed by atoms with van der Waals surface area (Å²) in [7, 11) is 0. The third-order valence-corrected chi connectivity index (χ3v) is 3.82. The van der Waals surface area contributed by atoms with Crippen LogP contribution in [-0.4, -0.2) is 41.9 Å². The van der Waals surface area contributed by atoms with E-state index in [2.05, 4.69) is 36.7 Å². The molecule has 1 N–H and O–H groups in total. The van der Waals surface area contributed by atoms with Gasteiger partial charge >= 0.3 is 0 Å². The zero-order valence-corrected chi connectivity index (χ0v) is 11.7. The average Bonchev–Trinajstić information content (AvgIpc) is 2.73. The van der Waals surface area contributed by atoms with Crippen molar-refractivity contribution in [2.75, 3.05) is 26.3 Å². The van der Waals surface area contributed by atoms with Crippen molar-refractivity contribution in [1.29, 1.82) is 0 Å². The van der Waals surface area contributed by atoms with Crippen molar-refractivity contribution in [3.8, 4) is 11.8 Å². The number of nitrogens with zero attached hydrogens (tertiary/aromatic N) is 1. The summed E-state index contributed by atoms with van der Waals surface area (Å²) in [6.45, 7) is 7.89. The van der Waals surface area contributed by atoms with Crippen LogP contribution in [0, 0.1) is 11.8 Å². The maximum atomic E-state index is 8.66. The Kier molecular flexibility index (Phi) is 4.41. The Hall–Kier alpha value is -0.860. The molecule has 0 aliphatic carbocycles. The quantitative estimate of drug-likeness (QED) is 0.826. The lowest BCUT2D eigenvalue weighted by Gasteiger charge is -2.37.